The lowest BCUT2D eigenvalue weighted by Crippen LogP contribution is -2.09. The van der Waals surface area contributed by atoms with E-state index < -0.39 is 0 Å². The average molecular weight is 491 g/mol. The molecular formula is C34H26N4. The average Bonchev–Trinajstić information content (AvgIpc) is 3.00. The maximum absolute atomic E-state index is 4.89. The third-order valence-corrected chi connectivity index (χ3v) is 6.37. The van der Waals surface area contributed by atoms with Crippen molar-refractivity contribution in [3.63, 3.8) is 0 Å². The molecule has 0 saturated carbocycles. The third-order valence-electron chi connectivity index (χ3n) is 6.37. The highest BCUT2D eigenvalue weighted by atomic mass is 15.1. The Morgan fingerprint density at radius 2 is 0.895 bits per heavy atom. The summed E-state index contributed by atoms with van der Waals surface area (Å²) in [5, 5.41) is 0. The minimum atomic E-state index is 0.777. The molecule has 0 bridgehead atoms. The van der Waals surface area contributed by atoms with Gasteiger partial charge in [0.1, 0.15) is 0 Å². The number of anilines is 3. The second kappa shape index (κ2) is 10.9. The van der Waals surface area contributed by atoms with Gasteiger partial charge in [-0.15, -0.1) is 0 Å². The Balaban J connectivity index is 1.34. The first-order valence-electron chi connectivity index (χ1n) is 12.7. The first-order chi connectivity index (χ1) is 18.8. The molecule has 0 saturated heterocycles. The smallest absolute Gasteiger partial charge is 0.0897 e. The van der Waals surface area contributed by atoms with Gasteiger partial charge in [0.25, 0.3) is 0 Å². The maximum atomic E-state index is 4.89. The molecule has 0 aliphatic heterocycles. The van der Waals surface area contributed by atoms with Crippen LogP contribution in [0.25, 0.3) is 22.8 Å². The van der Waals surface area contributed by atoms with Gasteiger partial charge in [-0.3, -0.25) is 9.97 Å². The van der Waals surface area contributed by atoms with Gasteiger partial charge in [-0.25, -0.2) is 4.98 Å². The summed E-state index contributed by atoms with van der Waals surface area (Å²) in [5.41, 5.74) is 9.15. The fraction of sp³-hybridized carbons (Fsp3) is 0.0294. The Kier molecular flexibility index (Phi) is 6.68. The van der Waals surface area contributed by atoms with E-state index in [4.69, 9.17) is 4.98 Å². The van der Waals surface area contributed by atoms with E-state index in [1.165, 1.54) is 5.56 Å². The maximum Gasteiger partial charge on any atom is 0.0897 e. The Morgan fingerprint density at radius 1 is 0.421 bits per heavy atom. The summed E-state index contributed by atoms with van der Waals surface area (Å²) in [7, 11) is 0. The molecule has 4 heteroatoms. The molecule has 0 aliphatic rings. The molecule has 0 atom stereocenters. The molecule has 0 amide bonds. The Bertz CT molecular complexity index is 1510. The fourth-order valence-corrected chi connectivity index (χ4v) is 4.58. The van der Waals surface area contributed by atoms with Crippen LogP contribution >= 0.6 is 0 Å². The first kappa shape index (κ1) is 23.3. The Morgan fingerprint density at radius 3 is 1.37 bits per heavy atom. The normalized spacial score (nSPS) is 10.7. The second-order valence-electron chi connectivity index (χ2n) is 9.03. The minimum Gasteiger partial charge on any atom is -0.311 e. The summed E-state index contributed by atoms with van der Waals surface area (Å²) in [6.45, 7) is 0. The fourth-order valence-electron chi connectivity index (χ4n) is 4.58. The van der Waals surface area contributed by atoms with Crippen molar-refractivity contribution in [3.05, 3.63) is 157 Å². The molecule has 0 N–H and O–H groups in total. The van der Waals surface area contributed by atoms with Crippen molar-refractivity contribution in [1.82, 2.24) is 15.0 Å². The summed E-state index contributed by atoms with van der Waals surface area (Å²) < 4.78 is 0. The largest absolute Gasteiger partial charge is 0.311 e. The highest BCUT2D eigenvalue weighted by molar-refractivity contribution is 5.76. The molecule has 0 spiro atoms. The number of para-hydroxylation sites is 2. The molecule has 6 aromatic rings. The van der Waals surface area contributed by atoms with Crippen molar-refractivity contribution in [3.8, 4) is 22.8 Å². The van der Waals surface area contributed by atoms with E-state index >= 15 is 0 Å². The number of benzene rings is 3. The zero-order valence-electron chi connectivity index (χ0n) is 20.9. The highest BCUT2D eigenvalue weighted by Gasteiger charge is 2.13. The lowest BCUT2D eigenvalue weighted by atomic mass is 10.0. The van der Waals surface area contributed by atoms with Gasteiger partial charge in [-0.05, 0) is 90.3 Å². The van der Waals surface area contributed by atoms with Gasteiger partial charge in [-0.2, -0.15) is 0 Å². The number of pyridine rings is 3. The monoisotopic (exact) mass is 490 g/mol. The van der Waals surface area contributed by atoms with Crippen molar-refractivity contribution in [2.24, 2.45) is 0 Å². The van der Waals surface area contributed by atoms with Gasteiger partial charge < -0.3 is 4.90 Å². The van der Waals surface area contributed by atoms with Crippen LogP contribution in [0.5, 0.6) is 0 Å². The van der Waals surface area contributed by atoms with Crippen molar-refractivity contribution >= 4 is 17.1 Å². The minimum absolute atomic E-state index is 0.777. The molecule has 0 unspecified atom stereocenters. The molecule has 3 aromatic heterocycles. The molecule has 0 fully saturated rings. The van der Waals surface area contributed by atoms with E-state index in [1.54, 1.807) is 12.4 Å². The van der Waals surface area contributed by atoms with E-state index in [2.05, 4.69) is 99.8 Å². The topological polar surface area (TPSA) is 41.9 Å². The predicted molar refractivity (Wildman–Crippen MR) is 155 cm³/mol. The summed E-state index contributed by atoms with van der Waals surface area (Å²) in [5.74, 6) is 0. The van der Waals surface area contributed by atoms with Crippen LogP contribution < -0.4 is 4.90 Å². The molecule has 0 radical (unpaired) electrons. The predicted octanol–water partition coefficient (Wildman–Crippen LogP) is 8.27. The SMILES string of the molecule is c1ccc(N(c2ccccc2)c2ccc(Cc3cc(-c4ccccn4)nc(-c4ccccn4)c3)cc2)cc1. The van der Waals surface area contributed by atoms with Crippen LogP contribution in [0.4, 0.5) is 17.1 Å². The van der Waals surface area contributed by atoms with Gasteiger partial charge in [0.15, 0.2) is 0 Å². The van der Waals surface area contributed by atoms with E-state index in [0.717, 1.165) is 51.8 Å². The van der Waals surface area contributed by atoms with Crippen LogP contribution in [0.1, 0.15) is 11.1 Å². The van der Waals surface area contributed by atoms with Crippen molar-refractivity contribution in [2.75, 3.05) is 4.90 Å². The second-order valence-corrected chi connectivity index (χ2v) is 9.03. The number of hydrogen-bond donors (Lipinski definition) is 0. The Hall–Kier alpha value is -5.09. The van der Waals surface area contributed by atoms with E-state index in [1.807, 2.05) is 48.5 Å². The van der Waals surface area contributed by atoms with Gasteiger partial charge in [-0.1, -0.05) is 60.7 Å². The van der Waals surface area contributed by atoms with Crippen LogP contribution in [0.2, 0.25) is 0 Å². The summed E-state index contributed by atoms with van der Waals surface area (Å²) >= 11 is 0. The summed E-state index contributed by atoms with van der Waals surface area (Å²) in [6, 6.07) is 45.8. The van der Waals surface area contributed by atoms with Crippen molar-refractivity contribution < 1.29 is 0 Å². The van der Waals surface area contributed by atoms with Gasteiger partial charge in [0.05, 0.1) is 22.8 Å². The van der Waals surface area contributed by atoms with Crippen LogP contribution in [0.3, 0.4) is 0 Å². The van der Waals surface area contributed by atoms with Crippen molar-refractivity contribution in [1.29, 1.82) is 0 Å². The molecule has 182 valence electrons. The van der Waals surface area contributed by atoms with E-state index in [-0.39, 0.29) is 0 Å². The first-order valence-corrected chi connectivity index (χ1v) is 12.7. The molecular weight excluding hydrogens is 464 g/mol. The number of rotatable bonds is 7. The number of aromatic nitrogens is 3. The number of nitrogens with zero attached hydrogens (tertiary/aromatic N) is 4. The molecule has 38 heavy (non-hydrogen) atoms. The lowest BCUT2D eigenvalue weighted by molar-refractivity contribution is 1.14. The van der Waals surface area contributed by atoms with Crippen LogP contribution in [0, 0.1) is 0 Å². The summed E-state index contributed by atoms with van der Waals surface area (Å²) in [4.78, 5) is 16.2. The number of hydrogen-bond acceptors (Lipinski definition) is 4. The van der Waals surface area contributed by atoms with Crippen LogP contribution in [0.15, 0.2) is 146 Å². The third kappa shape index (κ3) is 5.20. The standard InChI is InChI=1S/C34H26N4/c1-3-11-28(12-4-1)38(29-13-5-2-6-14-29)30-19-17-26(18-20-30)23-27-24-33(31-15-7-9-21-35-31)37-34(25-27)32-16-8-10-22-36-32/h1-22,24-25H,23H2. The Labute approximate surface area is 223 Å². The van der Waals surface area contributed by atoms with Gasteiger partial charge in [0, 0.05) is 29.5 Å². The lowest BCUT2D eigenvalue weighted by Gasteiger charge is -2.25. The zero-order chi connectivity index (χ0) is 25.6. The van der Waals surface area contributed by atoms with E-state index in [0.29, 0.717) is 0 Å². The van der Waals surface area contributed by atoms with Gasteiger partial charge >= 0.3 is 0 Å². The quantitative estimate of drug-likeness (QED) is 0.226. The molecule has 6 rings (SSSR count). The van der Waals surface area contributed by atoms with E-state index in [9.17, 15) is 0 Å². The van der Waals surface area contributed by atoms with Gasteiger partial charge in [0.2, 0.25) is 0 Å². The molecule has 0 aliphatic carbocycles. The molecule has 4 nitrogen and oxygen atoms in total. The zero-order valence-corrected chi connectivity index (χ0v) is 20.9. The molecule has 3 aromatic carbocycles. The van der Waals surface area contributed by atoms with Crippen LogP contribution in [-0.4, -0.2) is 15.0 Å². The van der Waals surface area contributed by atoms with Crippen molar-refractivity contribution in [2.45, 2.75) is 6.42 Å². The van der Waals surface area contributed by atoms with Crippen LogP contribution in [-0.2, 0) is 6.42 Å². The highest BCUT2D eigenvalue weighted by Crippen LogP contribution is 2.34. The molecule has 3 heterocycles. The summed E-state index contributed by atoms with van der Waals surface area (Å²) in [6.07, 6.45) is 4.38.